The lowest BCUT2D eigenvalue weighted by molar-refractivity contribution is 0.452. The van der Waals surface area contributed by atoms with Crippen molar-refractivity contribution < 1.29 is 4.74 Å². The van der Waals surface area contributed by atoms with Gasteiger partial charge >= 0.3 is 0 Å². The van der Waals surface area contributed by atoms with Crippen molar-refractivity contribution in [1.29, 1.82) is 0 Å². The van der Waals surface area contributed by atoms with Crippen LogP contribution in [0.25, 0.3) is 0 Å². The molecular formula is C13H11BrCl2N2O2. The first-order valence-corrected chi connectivity index (χ1v) is 7.35. The van der Waals surface area contributed by atoms with Gasteiger partial charge in [-0.15, -0.1) is 5.10 Å². The fourth-order valence-corrected chi connectivity index (χ4v) is 2.90. The summed E-state index contributed by atoms with van der Waals surface area (Å²) >= 11 is 15.4. The van der Waals surface area contributed by atoms with E-state index in [9.17, 15) is 4.79 Å². The van der Waals surface area contributed by atoms with Crippen LogP contribution in [0.4, 0.5) is 0 Å². The summed E-state index contributed by atoms with van der Waals surface area (Å²) in [6.45, 7) is 3.82. The van der Waals surface area contributed by atoms with Crippen LogP contribution in [0.1, 0.15) is 25.3 Å². The summed E-state index contributed by atoms with van der Waals surface area (Å²) in [5.74, 6) is 0.588. The first-order chi connectivity index (χ1) is 9.38. The molecule has 1 aromatic carbocycles. The summed E-state index contributed by atoms with van der Waals surface area (Å²) in [6.07, 6.45) is 0. The van der Waals surface area contributed by atoms with Crippen LogP contribution in [-0.4, -0.2) is 10.2 Å². The van der Waals surface area contributed by atoms with Gasteiger partial charge in [-0.25, -0.2) is 5.10 Å². The number of rotatable bonds is 3. The van der Waals surface area contributed by atoms with E-state index in [1.165, 1.54) is 0 Å². The molecule has 1 heterocycles. The van der Waals surface area contributed by atoms with Gasteiger partial charge in [0.1, 0.15) is 0 Å². The molecule has 2 rings (SSSR count). The lowest BCUT2D eigenvalue weighted by Gasteiger charge is -2.10. The molecule has 0 bridgehead atoms. The third-order valence-corrected chi connectivity index (χ3v) is 3.62. The van der Waals surface area contributed by atoms with Crippen LogP contribution in [0.15, 0.2) is 27.5 Å². The minimum atomic E-state index is -0.236. The SMILES string of the molecule is CC(C)c1cc(Oc2c(Cl)cc(Br)cc2Cl)n[nH]c1=O. The normalized spacial score (nSPS) is 10.9. The van der Waals surface area contributed by atoms with E-state index in [-0.39, 0.29) is 17.4 Å². The van der Waals surface area contributed by atoms with Crippen molar-refractivity contribution in [3.63, 3.8) is 0 Å². The molecule has 0 unspecified atom stereocenters. The van der Waals surface area contributed by atoms with Crippen molar-refractivity contribution >= 4 is 39.1 Å². The Morgan fingerprint density at radius 1 is 1.25 bits per heavy atom. The van der Waals surface area contributed by atoms with Gasteiger partial charge in [-0.1, -0.05) is 53.0 Å². The van der Waals surface area contributed by atoms with E-state index in [4.69, 9.17) is 27.9 Å². The molecule has 0 radical (unpaired) electrons. The van der Waals surface area contributed by atoms with E-state index in [1.807, 2.05) is 13.8 Å². The van der Waals surface area contributed by atoms with E-state index in [2.05, 4.69) is 26.1 Å². The highest BCUT2D eigenvalue weighted by Crippen LogP contribution is 2.38. The van der Waals surface area contributed by atoms with Crippen molar-refractivity contribution in [1.82, 2.24) is 10.2 Å². The molecule has 20 heavy (non-hydrogen) atoms. The van der Waals surface area contributed by atoms with Gasteiger partial charge in [0.25, 0.3) is 5.56 Å². The number of nitrogens with zero attached hydrogens (tertiary/aromatic N) is 1. The highest BCUT2D eigenvalue weighted by atomic mass is 79.9. The molecule has 0 aliphatic heterocycles. The van der Waals surface area contributed by atoms with E-state index in [0.717, 1.165) is 4.47 Å². The van der Waals surface area contributed by atoms with Crippen LogP contribution in [0, 0.1) is 0 Å². The number of nitrogens with one attached hydrogen (secondary N) is 1. The van der Waals surface area contributed by atoms with E-state index >= 15 is 0 Å². The Labute approximate surface area is 134 Å². The minimum absolute atomic E-state index is 0.0555. The summed E-state index contributed by atoms with van der Waals surface area (Å²) in [5.41, 5.74) is 0.347. The second-order valence-corrected chi connectivity index (χ2v) is 6.18. The highest BCUT2D eigenvalue weighted by Gasteiger charge is 2.13. The highest BCUT2D eigenvalue weighted by molar-refractivity contribution is 9.10. The van der Waals surface area contributed by atoms with Crippen LogP contribution in [0.3, 0.4) is 0 Å². The Hall–Kier alpha value is -1.04. The number of halogens is 3. The number of ether oxygens (including phenoxy) is 1. The van der Waals surface area contributed by atoms with Gasteiger partial charge in [0, 0.05) is 16.1 Å². The van der Waals surface area contributed by atoms with Gasteiger partial charge in [-0.2, -0.15) is 0 Å². The van der Waals surface area contributed by atoms with Gasteiger partial charge in [0.2, 0.25) is 5.88 Å². The van der Waals surface area contributed by atoms with E-state index < -0.39 is 0 Å². The zero-order valence-corrected chi connectivity index (χ0v) is 13.8. The van der Waals surface area contributed by atoms with Crippen LogP contribution < -0.4 is 10.3 Å². The first kappa shape index (κ1) is 15.4. The molecule has 2 aromatic rings. The van der Waals surface area contributed by atoms with Crippen molar-refractivity contribution in [2.45, 2.75) is 19.8 Å². The Morgan fingerprint density at radius 2 is 1.85 bits per heavy atom. The number of aromatic amines is 1. The molecule has 0 amide bonds. The lowest BCUT2D eigenvalue weighted by atomic mass is 10.1. The smallest absolute Gasteiger partial charge is 0.267 e. The van der Waals surface area contributed by atoms with Gasteiger partial charge in [0.05, 0.1) is 10.0 Å². The predicted octanol–water partition coefficient (Wildman–Crippen LogP) is 4.75. The molecule has 7 heteroatoms. The summed E-state index contributed by atoms with van der Waals surface area (Å²) in [7, 11) is 0. The number of hydrogen-bond acceptors (Lipinski definition) is 3. The Morgan fingerprint density at radius 3 is 2.40 bits per heavy atom. The molecule has 0 aliphatic rings. The first-order valence-electron chi connectivity index (χ1n) is 5.80. The van der Waals surface area contributed by atoms with Crippen LogP contribution in [0.2, 0.25) is 10.0 Å². The molecule has 0 spiro atoms. The third kappa shape index (κ3) is 3.34. The fourth-order valence-electron chi connectivity index (χ4n) is 1.61. The summed E-state index contributed by atoms with van der Waals surface area (Å²) < 4.78 is 6.32. The molecule has 1 aromatic heterocycles. The Bertz CT molecular complexity index is 678. The quantitative estimate of drug-likeness (QED) is 0.839. The number of hydrogen-bond donors (Lipinski definition) is 1. The van der Waals surface area contributed by atoms with Gasteiger partial charge < -0.3 is 4.74 Å². The maximum Gasteiger partial charge on any atom is 0.267 e. The van der Waals surface area contributed by atoms with Crippen molar-refractivity contribution in [3.8, 4) is 11.6 Å². The molecule has 0 saturated carbocycles. The van der Waals surface area contributed by atoms with Crippen molar-refractivity contribution in [2.24, 2.45) is 0 Å². The number of H-pyrrole nitrogens is 1. The zero-order chi connectivity index (χ0) is 14.9. The van der Waals surface area contributed by atoms with Gasteiger partial charge in [-0.05, 0) is 18.1 Å². The summed E-state index contributed by atoms with van der Waals surface area (Å²) in [6, 6.07) is 4.91. The minimum Gasteiger partial charge on any atom is -0.434 e. The Kier molecular flexibility index (Phi) is 4.73. The van der Waals surface area contributed by atoms with Crippen molar-refractivity contribution in [3.05, 3.63) is 48.6 Å². The van der Waals surface area contributed by atoms with Gasteiger partial charge in [0.15, 0.2) is 5.75 Å². The number of benzene rings is 1. The topological polar surface area (TPSA) is 55.0 Å². The van der Waals surface area contributed by atoms with E-state index in [0.29, 0.717) is 21.4 Å². The van der Waals surface area contributed by atoms with Crippen LogP contribution >= 0.6 is 39.1 Å². The monoisotopic (exact) mass is 376 g/mol. The molecule has 0 atom stereocenters. The zero-order valence-electron chi connectivity index (χ0n) is 10.7. The van der Waals surface area contributed by atoms with E-state index in [1.54, 1.807) is 18.2 Å². The lowest BCUT2D eigenvalue weighted by Crippen LogP contribution is -2.15. The largest absolute Gasteiger partial charge is 0.434 e. The van der Waals surface area contributed by atoms with Crippen LogP contribution in [0.5, 0.6) is 11.6 Å². The average molecular weight is 378 g/mol. The van der Waals surface area contributed by atoms with Crippen LogP contribution in [-0.2, 0) is 0 Å². The molecular weight excluding hydrogens is 367 g/mol. The molecule has 0 aliphatic carbocycles. The molecule has 4 nitrogen and oxygen atoms in total. The molecule has 0 fully saturated rings. The summed E-state index contributed by atoms with van der Waals surface area (Å²) in [5, 5.41) is 6.93. The second kappa shape index (κ2) is 6.16. The van der Waals surface area contributed by atoms with Gasteiger partial charge in [-0.3, -0.25) is 4.79 Å². The van der Waals surface area contributed by atoms with Crippen molar-refractivity contribution in [2.75, 3.05) is 0 Å². The summed E-state index contributed by atoms with van der Waals surface area (Å²) in [4.78, 5) is 11.6. The molecule has 0 saturated heterocycles. The maximum absolute atomic E-state index is 11.6. The maximum atomic E-state index is 11.6. The third-order valence-electron chi connectivity index (χ3n) is 2.60. The fraction of sp³-hybridized carbons (Fsp3) is 0.231. The molecule has 106 valence electrons. The number of aromatic nitrogens is 2. The average Bonchev–Trinajstić information content (AvgIpc) is 2.35. The second-order valence-electron chi connectivity index (χ2n) is 4.45. The standard InChI is InChI=1S/C13H11BrCl2N2O2/c1-6(2)8-5-11(17-18-13(8)19)20-12-9(15)3-7(14)4-10(12)16/h3-6H,1-2H3,(H,18,19). The predicted molar refractivity (Wildman–Crippen MR) is 83.2 cm³/mol. The Balaban J connectivity index is 2.41. The molecule has 1 N–H and O–H groups in total.